The van der Waals surface area contributed by atoms with Crippen molar-refractivity contribution in [1.82, 2.24) is 5.32 Å². The smallest absolute Gasteiger partial charge is 0.251 e. The number of hydrogen-bond acceptors (Lipinski definition) is 3. The number of anilines is 1. The van der Waals surface area contributed by atoms with Crippen molar-refractivity contribution in [3.8, 4) is 5.75 Å². The molecule has 0 aliphatic rings. The van der Waals surface area contributed by atoms with Gasteiger partial charge in [-0.2, -0.15) is 0 Å². The van der Waals surface area contributed by atoms with Gasteiger partial charge in [0.15, 0.2) is 5.96 Å². The van der Waals surface area contributed by atoms with Crippen LogP contribution >= 0.6 is 0 Å². The van der Waals surface area contributed by atoms with Crippen molar-refractivity contribution in [2.45, 2.75) is 26.9 Å². The molecule has 0 spiro atoms. The second-order valence-corrected chi connectivity index (χ2v) is 6.21. The van der Waals surface area contributed by atoms with Crippen molar-refractivity contribution in [1.29, 1.82) is 0 Å². The van der Waals surface area contributed by atoms with Crippen LogP contribution in [0, 0.1) is 6.92 Å². The average molecular weight is 354 g/mol. The molecule has 0 unspecified atom stereocenters. The Morgan fingerprint density at radius 1 is 1.19 bits per heavy atom. The molecule has 0 saturated heterocycles. The van der Waals surface area contributed by atoms with Crippen LogP contribution in [-0.2, 0) is 0 Å². The van der Waals surface area contributed by atoms with Crippen LogP contribution in [0.3, 0.4) is 0 Å². The molecule has 0 heterocycles. The number of benzene rings is 2. The number of rotatable bonds is 7. The fraction of sp³-hybridized carbons (Fsp3) is 0.300. The van der Waals surface area contributed by atoms with E-state index in [1.807, 2.05) is 63.2 Å². The number of guanidine groups is 1. The zero-order valence-corrected chi connectivity index (χ0v) is 15.5. The lowest BCUT2D eigenvalue weighted by atomic mass is 10.1. The highest BCUT2D eigenvalue weighted by atomic mass is 16.5. The molecule has 0 aliphatic heterocycles. The van der Waals surface area contributed by atoms with Crippen LogP contribution in [0.15, 0.2) is 53.5 Å². The summed E-state index contributed by atoms with van der Waals surface area (Å²) in [7, 11) is 0. The van der Waals surface area contributed by atoms with Gasteiger partial charge in [-0.15, -0.1) is 0 Å². The van der Waals surface area contributed by atoms with Gasteiger partial charge in [0.25, 0.3) is 5.91 Å². The van der Waals surface area contributed by atoms with E-state index < -0.39 is 0 Å². The first-order chi connectivity index (χ1) is 12.4. The van der Waals surface area contributed by atoms with Gasteiger partial charge in [0.05, 0.1) is 12.6 Å². The minimum Gasteiger partial charge on any atom is -0.491 e. The molecule has 0 radical (unpaired) electrons. The topological polar surface area (TPSA) is 88.7 Å². The lowest BCUT2D eigenvalue weighted by Crippen LogP contribution is -2.28. The zero-order valence-electron chi connectivity index (χ0n) is 15.5. The maximum Gasteiger partial charge on any atom is 0.251 e. The molecule has 0 aliphatic carbocycles. The summed E-state index contributed by atoms with van der Waals surface area (Å²) in [4.78, 5) is 16.2. The van der Waals surface area contributed by atoms with Crippen molar-refractivity contribution in [2.75, 3.05) is 18.4 Å². The second-order valence-electron chi connectivity index (χ2n) is 6.21. The molecule has 6 heteroatoms. The average Bonchev–Trinajstić information content (AvgIpc) is 2.60. The van der Waals surface area contributed by atoms with Gasteiger partial charge in [-0.1, -0.05) is 17.7 Å². The van der Waals surface area contributed by atoms with Crippen LogP contribution in [0.1, 0.15) is 29.8 Å². The number of amides is 1. The third kappa shape index (κ3) is 6.47. The molecule has 1 amide bonds. The van der Waals surface area contributed by atoms with Crippen molar-refractivity contribution in [3.05, 3.63) is 59.7 Å². The fourth-order valence-corrected chi connectivity index (χ4v) is 2.31. The van der Waals surface area contributed by atoms with Crippen molar-refractivity contribution in [2.24, 2.45) is 10.7 Å². The molecule has 138 valence electrons. The van der Waals surface area contributed by atoms with E-state index in [-0.39, 0.29) is 12.0 Å². The van der Waals surface area contributed by atoms with Gasteiger partial charge in [-0.25, -0.2) is 0 Å². The molecule has 2 rings (SSSR count). The lowest BCUT2D eigenvalue weighted by Gasteiger charge is -2.11. The third-order valence-electron chi connectivity index (χ3n) is 3.46. The fourth-order valence-electron chi connectivity index (χ4n) is 2.31. The summed E-state index contributed by atoms with van der Waals surface area (Å²) in [5, 5.41) is 5.83. The van der Waals surface area contributed by atoms with Crippen LogP contribution in [0.5, 0.6) is 5.75 Å². The predicted molar refractivity (Wildman–Crippen MR) is 106 cm³/mol. The number of aryl methyl sites for hydroxylation is 1. The maximum absolute atomic E-state index is 12.0. The molecule has 26 heavy (non-hydrogen) atoms. The third-order valence-corrected chi connectivity index (χ3v) is 3.46. The Labute approximate surface area is 154 Å². The number of nitrogens with two attached hydrogens (primary N) is 1. The van der Waals surface area contributed by atoms with Gasteiger partial charge in [0.1, 0.15) is 5.75 Å². The van der Waals surface area contributed by atoms with Crippen molar-refractivity contribution < 1.29 is 9.53 Å². The number of carbonyl (C=O) groups excluding carboxylic acids is 1. The first kappa shape index (κ1) is 19.3. The van der Waals surface area contributed by atoms with E-state index in [1.165, 1.54) is 0 Å². The number of hydrogen-bond donors (Lipinski definition) is 3. The first-order valence-corrected chi connectivity index (χ1v) is 8.62. The van der Waals surface area contributed by atoms with Crippen LogP contribution in [-0.4, -0.2) is 31.1 Å². The van der Waals surface area contributed by atoms with Gasteiger partial charge in [0.2, 0.25) is 0 Å². The van der Waals surface area contributed by atoms with E-state index in [0.29, 0.717) is 24.6 Å². The van der Waals surface area contributed by atoms with Crippen LogP contribution in [0.25, 0.3) is 0 Å². The summed E-state index contributed by atoms with van der Waals surface area (Å²) in [6.45, 7) is 6.72. The maximum atomic E-state index is 12.0. The minimum absolute atomic E-state index is 0.115. The minimum atomic E-state index is -0.115. The molecule has 6 nitrogen and oxygen atoms in total. The van der Waals surface area contributed by atoms with Crippen molar-refractivity contribution >= 4 is 17.6 Å². The van der Waals surface area contributed by atoms with E-state index in [4.69, 9.17) is 10.5 Å². The molecule has 2 aromatic carbocycles. The molecular formula is C20H26N4O2. The quantitative estimate of drug-likeness (QED) is 0.405. The Hall–Kier alpha value is -3.02. The standard InChI is InChI=1S/C20H26N4O2/c1-14(2)26-18-9-7-17(8-10-18)24-20(21)23-12-11-22-19(25)16-6-4-5-15(3)13-16/h4-10,13-14H,11-12H2,1-3H3,(H,22,25)(H3,21,23,24). The van der Waals surface area contributed by atoms with Crippen LogP contribution < -0.4 is 21.1 Å². The summed E-state index contributed by atoms with van der Waals surface area (Å²) in [5.74, 6) is 0.989. The highest BCUT2D eigenvalue weighted by molar-refractivity contribution is 5.94. The molecular weight excluding hydrogens is 328 g/mol. The second kappa shape index (κ2) is 9.46. The molecule has 2 aromatic rings. The van der Waals surface area contributed by atoms with Crippen molar-refractivity contribution in [3.63, 3.8) is 0 Å². The summed E-state index contributed by atoms with van der Waals surface area (Å²) in [5.41, 5.74) is 8.38. The van der Waals surface area contributed by atoms with Gasteiger partial charge < -0.3 is 21.1 Å². The number of aliphatic imine (C=N–C) groups is 1. The van der Waals surface area contributed by atoms with E-state index in [0.717, 1.165) is 17.0 Å². The monoisotopic (exact) mass is 354 g/mol. The van der Waals surface area contributed by atoms with E-state index in [2.05, 4.69) is 15.6 Å². The number of nitrogens with one attached hydrogen (secondary N) is 2. The molecule has 0 fully saturated rings. The Bertz CT molecular complexity index is 755. The number of nitrogens with zero attached hydrogens (tertiary/aromatic N) is 1. The zero-order chi connectivity index (χ0) is 18.9. The summed E-state index contributed by atoms with van der Waals surface area (Å²) in [6.07, 6.45) is 0.135. The molecule has 0 atom stereocenters. The van der Waals surface area contributed by atoms with Gasteiger partial charge in [0, 0.05) is 17.8 Å². The molecule has 0 bridgehead atoms. The highest BCUT2D eigenvalue weighted by Gasteiger charge is 2.04. The Morgan fingerprint density at radius 2 is 1.92 bits per heavy atom. The largest absolute Gasteiger partial charge is 0.491 e. The number of ether oxygens (including phenoxy) is 1. The van der Waals surface area contributed by atoms with Gasteiger partial charge in [-0.3, -0.25) is 9.79 Å². The van der Waals surface area contributed by atoms with Crippen LogP contribution in [0.4, 0.5) is 5.69 Å². The van der Waals surface area contributed by atoms with E-state index in [9.17, 15) is 4.79 Å². The summed E-state index contributed by atoms with van der Waals surface area (Å²) >= 11 is 0. The Morgan fingerprint density at radius 3 is 2.58 bits per heavy atom. The van der Waals surface area contributed by atoms with Gasteiger partial charge in [-0.05, 0) is 57.2 Å². The lowest BCUT2D eigenvalue weighted by molar-refractivity contribution is 0.0954. The molecule has 0 saturated carbocycles. The summed E-state index contributed by atoms with van der Waals surface area (Å²) < 4.78 is 5.59. The highest BCUT2D eigenvalue weighted by Crippen LogP contribution is 2.16. The first-order valence-electron chi connectivity index (χ1n) is 8.62. The molecule has 4 N–H and O–H groups in total. The van der Waals surface area contributed by atoms with Crippen LogP contribution in [0.2, 0.25) is 0 Å². The number of carbonyl (C=O) groups is 1. The van der Waals surface area contributed by atoms with E-state index in [1.54, 1.807) is 6.07 Å². The summed E-state index contributed by atoms with van der Waals surface area (Å²) in [6, 6.07) is 14.9. The normalized spacial score (nSPS) is 11.3. The SMILES string of the molecule is Cc1cccc(C(=O)NCCN=C(N)Nc2ccc(OC(C)C)cc2)c1. The molecule has 0 aromatic heterocycles. The predicted octanol–water partition coefficient (Wildman–Crippen LogP) is 2.94. The van der Waals surface area contributed by atoms with E-state index >= 15 is 0 Å². The van der Waals surface area contributed by atoms with Gasteiger partial charge >= 0.3 is 0 Å². The Kier molecular flexibility index (Phi) is 7.02. The Balaban J connectivity index is 1.76.